The molecule has 1 N–H and O–H groups in total. The summed E-state index contributed by atoms with van der Waals surface area (Å²) in [6, 6.07) is 0. The van der Waals surface area contributed by atoms with Gasteiger partial charge in [0, 0.05) is 11.6 Å². The first-order valence-corrected chi connectivity index (χ1v) is 7.65. The van der Waals surface area contributed by atoms with Crippen LogP contribution in [-0.4, -0.2) is 23.7 Å². The molecule has 0 aliphatic rings. The third-order valence-corrected chi connectivity index (χ3v) is 3.37. The van der Waals surface area contributed by atoms with Crippen molar-refractivity contribution in [3.05, 3.63) is 11.6 Å². The summed E-state index contributed by atoms with van der Waals surface area (Å²) in [4.78, 5) is 22.7. The van der Waals surface area contributed by atoms with Gasteiger partial charge in [0.05, 0.1) is 6.61 Å². The van der Waals surface area contributed by atoms with E-state index < -0.39 is 11.9 Å². The minimum Gasteiger partial charge on any atom is -0.478 e. The molecule has 0 aromatic carbocycles. The maximum absolute atomic E-state index is 11.7. The lowest BCUT2D eigenvalue weighted by molar-refractivity contribution is -0.140. The Morgan fingerprint density at radius 1 is 1.15 bits per heavy atom. The molecular formula is C16H28O4. The van der Waals surface area contributed by atoms with Crippen LogP contribution in [0.2, 0.25) is 0 Å². The number of unbranched alkanes of at least 4 members (excludes halogenated alkanes) is 2. The van der Waals surface area contributed by atoms with Crippen LogP contribution in [0.1, 0.15) is 65.7 Å². The van der Waals surface area contributed by atoms with Gasteiger partial charge < -0.3 is 9.84 Å². The van der Waals surface area contributed by atoms with E-state index in [1.165, 1.54) is 0 Å². The van der Waals surface area contributed by atoms with Crippen LogP contribution < -0.4 is 0 Å². The maximum Gasteiger partial charge on any atom is 0.331 e. The van der Waals surface area contributed by atoms with E-state index in [2.05, 4.69) is 13.8 Å². The Labute approximate surface area is 122 Å². The smallest absolute Gasteiger partial charge is 0.331 e. The second-order valence-corrected chi connectivity index (χ2v) is 5.12. The highest BCUT2D eigenvalue weighted by Gasteiger charge is 2.12. The van der Waals surface area contributed by atoms with Gasteiger partial charge in [-0.2, -0.15) is 0 Å². The van der Waals surface area contributed by atoms with Crippen molar-refractivity contribution in [3.63, 3.8) is 0 Å². The predicted octanol–water partition coefficient (Wildman–Crippen LogP) is 3.95. The zero-order chi connectivity index (χ0) is 15.4. The lowest BCUT2D eigenvalue weighted by Gasteiger charge is -2.13. The van der Waals surface area contributed by atoms with E-state index in [0.717, 1.165) is 44.6 Å². The van der Waals surface area contributed by atoms with Gasteiger partial charge in [-0.3, -0.25) is 0 Å². The number of hydrogen-bond donors (Lipinski definition) is 1. The summed E-state index contributed by atoms with van der Waals surface area (Å²) in [5, 5.41) is 9.01. The Bertz CT molecular complexity index is 320. The number of rotatable bonds is 11. The van der Waals surface area contributed by atoms with Crippen LogP contribution in [0.25, 0.3) is 0 Å². The quantitative estimate of drug-likeness (QED) is 0.461. The van der Waals surface area contributed by atoms with E-state index in [0.29, 0.717) is 18.9 Å². The molecule has 0 aliphatic heterocycles. The van der Waals surface area contributed by atoms with Crippen molar-refractivity contribution in [2.24, 2.45) is 5.92 Å². The molecule has 0 bridgehead atoms. The van der Waals surface area contributed by atoms with Crippen molar-refractivity contribution in [1.82, 2.24) is 0 Å². The van der Waals surface area contributed by atoms with Gasteiger partial charge in [0.2, 0.25) is 0 Å². The molecule has 0 aromatic rings. The fourth-order valence-electron chi connectivity index (χ4n) is 1.89. The van der Waals surface area contributed by atoms with Gasteiger partial charge in [0.15, 0.2) is 0 Å². The van der Waals surface area contributed by atoms with E-state index in [-0.39, 0.29) is 5.57 Å². The highest BCUT2D eigenvalue weighted by molar-refractivity contribution is 5.95. The highest BCUT2D eigenvalue weighted by atomic mass is 16.5. The van der Waals surface area contributed by atoms with Crippen LogP contribution in [0.5, 0.6) is 0 Å². The second kappa shape index (κ2) is 11.5. The first-order valence-electron chi connectivity index (χ1n) is 7.65. The Balaban J connectivity index is 4.31. The van der Waals surface area contributed by atoms with Crippen LogP contribution in [0, 0.1) is 5.92 Å². The summed E-state index contributed by atoms with van der Waals surface area (Å²) < 4.78 is 5.17. The summed E-state index contributed by atoms with van der Waals surface area (Å²) in [5.74, 6) is -1.20. The fraction of sp³-hybridized carbons (Fsp3) is 0.750. The number of carbonyl (C=O) groups is 2. The first kappa shape index (κ1) is 18.7. The van der Waals surface area contributed by atoms with E-state index in [1.807, 2.05) is 6.92 Å². The van der Waals surface area contributed by atoms with Gasteiger partial charge in [-0.05, 0) is 25.2 Å². The Morgan fingerprint density at radius 3 is 2.30 bits per heavy atom. The van der Waals surface area contributed by atoms with Crippen molar-refractivity contribution in [3.8, 4) is 0 Å². The molecular weight excluding hydrogens is 256 g/mol. The molecule has 0 aromatic heterocycles. The summed E-state index contributed by atoms with van der Waals surface area (Å²) in [5.41, 5.74) is 0.137. The van der Waals surface area contributed by atoms with Gasteiger partial charge in [-0.25, -0.2) is 9.59 Å². The molecule has 1 atom stereocenters. The molecule has 0 heterocycles. The van der Waals surface area contributed by atoms with E-state index in [1.54, 1.807) is 0 Å². The predicted molar refractivity (Wildman–Crippen MR) is 79.5 cm³/mol. The van der Waals surface area contributed by atoms with Crippen molar-refractivity contribution >= 4 is 11.9 Å². The molecule has 0 amide bonds. The number of ether oxygens (including phenoxy) is 1. The monoisotopic (exact) mass is 284 g/mol. The van der Waals surface area contributed by atoms with Crippen molar-refractivity contribution in [2.45, 2.75) is 65.7 Å². The second-order valence-electron chi connectivity index (χ2n) is 5.12. The standard InChI is InChI=1S/C16H28O4/c1-4-7-9-13(6-3)12-20-15(17)11-14(16(18)19)10-8-5-2/h11,13H,4-10,12H2,1-3H3,(H,18,19). The molecule has 0 saturated carbocycles. The van der Waals surface area contributed by atoms with E-state index in [4.69, 9.17) is 9.84 Å². The number of aliphatic carboxylic acids is 1. The lowest BCUT2D eigenvalue weighted by atomic mass is 10.0. The summed E-state index contributed by atoms with van der Waals surface area (Å²) in [7, 11) is 0. The molecule has 0 radical (unpaired) electrons. The molecule has 1 unspecified atom stereocenters. The van der Waals surface area contributed by atoms with Gasteiger partial charge >= 0.3 is 11.9 Å². The zero-order valence-corrected chi connectivity index (χ0v) is 13.0. The van der Waals surface area contributed by atoms with E-state index in [9.17, 15) is 9.59 Å². The van der Waals surface area contributed by atoms with Crippen LogP contribution in [0.4, 0.5) is 0 Å². The molecule has 4 heteroatoms. The van der Waals surface area contributed by atoms with Crippen molar-refractivity contribution in [2.75, 3.05) is 6.61 Å². The number of carbonyl (C=O) groups excluding carboxylic acids is 1. The zero-order valence-electron chi connectivity index (χ0n) is 13.0. The summed E-state index contributed by atoms with van der Waals surface area (Å²) >= 11 is 0. The molecule has 0 fully saturated rings. The van der Waals surface area contributed by atoms with Crippen LogP contribution in [0.3, 0.4) is 0 Å². The number of esters is 1. The lowest BCUT2D eigenvalue weighted by Crippen LogP contribution is -2.14. The Morgan fingerprint density at radius 2 is 1.80 bits per heavy atom. The van der Waals surface area contributed by atoms with Gasteiger partial charge in [0.25, 0.3) is 0 Å². The molecule has 20 heavy (non-hydrogen) atoms. The number of hydrogen-bond acceptors (Lipinski definition) is 3. The van der Waals surface area contributed by atoms with Crippen LogP contribution >= 0.6 is 0 Å². The number of carboxylic acids is 1. The van der Waals surface area contributed by atoms with Gasteiger partial charge in [-0.1, -0.05) is 46.5 Å². The molecule has 0 rings (SSSR count). The largest absolute Gasteiger partial charge is 0.478 e. The molecule has 0 aliphatic carbocycles. The van der Waals surface area contributed by atoms with Crippen molar-refractivity contribution in [1.29, 1.82) is 0 Å². The molecule has 0 saturated heterocycles. The Hall–Kier alpha value is -1.32. The topological polar surface area (TPSA) is 63.6 Å². The average molecular weight is 284 g/mol. The first-order chi connectivity index (χ1) is 9.54. The minimum atomic E-state index is -1.03. The third kappa shape index (κ3) is 8.73. The van der Waals surface area contributed by atoms with Crippen molar-refractivity contribution < 1.29 is 19.4 Å². The minimum absolute atomic E-state index is 0.137. The molecule has 4 nitrogen and oxygen atoms in total. The third-order valence-electron chi connectivity index (χ3n) is 3.37. The Kier molecular flexibility index (Phi) is 10.7. The molecule has 0 spiro atoms. The average Bonchev–Trinajstić information content (AvgIpc) is 2.43. The van der Waals surface area contributed by atoms with Crippen LogP contribution in [0.15, 0.2) is 11.6 Å². The van der Waals surface area contributed by atoms with Gasteiger partial charge in [-0.15, -0.1) is 0 Å². The fourth-order valence-corrected chi connectivity index (χ4v) is 1.89. The summed E-state index contributed by atoms with van der Waals surface area (Å²) in [6.45, 7) is 6.58. The SMILES string of the molecule is CCCCC(=CC(=O)OCC(CC)CCCC)C(=O)O. The maximum atomic E-state index is 11.7. The van der Waals surface area contributed by atoms with E-state index >= 15 is 0 Å². The number of carboxylic acid groups (broad SMARTS) is 1. The molecule has 116 valence electrons. The van der Waals surface area contributed by atoms with Gasteiger partial charge in [0.1, 0.15) is 0 Å². The normalized spacial score (nSPS) is 13.1. The van der Waals surface area contributed by atoms with Crippen LogP contribution in [-0.2, 0) is 14.3 Å². The summed E-state index contributed by atoms with van der Waals surface area (Å²) in [6.07, 6.45) is 7.48. The highest BCUT2D eigenvalue weighted by Crippen LogP contribution is 2.13.